The highest BCUT2D eigenvalue weighted by Crippen LogP contribution is 2.39. The summed E-state index contributed by atoms with van der Waals surface area (Å²) in [4.78, 5) is 8.43. The second kappa shape index (κ2) is 6.65. The first kappa shape index (κ1) is 15.7. The van der Waals surface area contributed by atoms with Gasteiger partial charge in [0.1, 0.15) is 0 Å². The van der Waals surface area contributed by atoms with Crippen LogP contribution in [0.2, 0.25) is 0 Å². The van der Waals surface area contributed by atoms with E-state index in [1.165, 1.54) is 33.0 Å². The van der Waals surface area contributed by atoms with Crippen molar-refractivity contribution < 1.29 is 0 Å². The highest BCUT2D eigenvalue weighted by molar-refractivity contribution is 6.05. The van der Waals surface area contributed by atoms with Crippen molar-refractivity contribution in [2.45, 2.75) is 0 Å². The largest absolute Gasteiger partial charge is 0.265 e. The lowest BCUT2D eigenvalue weighted by molar-refractivity contribution is 1.19. The highest BCUT2D eigenvalue weighted by Gasteiger charge is 2.22. The van der Waals surface area contributed by atoms with Crippen molar-refractivity contribution in [1.82, 2.24) is 9.97 Å². The Hall–Kier alpha value is -3.52. The molecule has 2 nitrogen and oxygen atoms in total. The van der Waals surface area contributed by atoms with Crippen LogP contribution in [0.1, 0.15) is 16.7 Å². The number of fused-ring (bicyclic) bond motifs is 2. The zero-order chi connectivity index (χ0) is 18.1. The fourth-order valence-electron chi connectivity index (χ4n) is 3.78. The van der Waals surface area contributed by atoms with Crippen LogP contribution in [0, 0.1) is 5.92 Å². The van der Waals surface area contributed by atoms with E-state index < -0.39 is 0 Å². The third kappa shape index (κ3) is 2.76. The average Bonchev–Trinajstić information content (AvgIpc) is 2.75. The van der Waals surface area contributed by atoms with Gasteiger partial charge >= 0.3 is 0 Å². The standard InChI is InChI=1S/C25H17N2/c1-3-7-22-20(5-1)17-21-6-2-4-8-23(21)25(22)24(18-9-13-26-14-10-18)19-11-15-27-16-12-19/h1-17H. The van der Waals surface area contributed by atoms with E-state index in [1.807, 2.05) is 24.8 Å². The minimum Gasteiger partial charge on any atom is -0.265 e. The third-order valence-electron chi connectivity index (χ3n) is 4.96. The molecule has 5 aromatic rings. The molecule has 1 radical (unpaired) electrons. The lowest BCUT2D eigenvalue weighted by atomic mass is 9.81. The van der Waals surface area contributed by atoms with E-state index in [0.29, 0.717) is 0 Å². The molecule has 0 amide bonds. The van der Waals surface area contributed by atoms with Gasteiger partial charge in [-0.3, -0.25) is 9.97 Å². The first-order valence-electron chi connectivity index (χ1n) is 9.00. The van der Waals surface area contributed by atoms with Crippen molar-refractivity contribution in [1.29, 1.82) is 0 Å². The van der Waals surface area contributed by atoms with Crippen molar-refractivity contribution in [2.24, 2.45) is 0 Å². The summed E-state index contributed by atoms with van der Waals surface area (Å²) in [5.41, 5.74) is 3.55. The Morgan fingerprint density at radius 2 is 0.963 bits per heavy atom. The van der Waals surface area contributed by atoms with Gasteiger partial charge in [-0.15, -0.1) is 0 Å². The monoisotopic (exact) mass is 345 g/mol. The maximum absolute atomic E-state index is 4.21. The van der Waals surface area contributed by atoms with Crippen LogP contribution in [-0.4, -0.2) is 9.97 Å². The summed E-state index contributed by atoms with van der Waals surface area (Å²) >= 11 is 0. The molecule has 3 aromatic carbocycles. The summed E-state index contributed by atoms with van der Waals surface area (Å²) in [5.74, 6) is 1.20. The fraction of sp³-hybridized carbons (Fsp3) is 0. The molecule has 0 aliphatic carbocycles. The first-order valence-corrected chi connectivity index (χ1v) is 9.00. The summed E-state index contributed by atoms with van der Waals surface area (Å²) in [6.07, 6.45) is 7.40. The number of hydrogen-bond donors (Lipinski definition) is 0. The lowest BCUT2D eigenvalue weighted by Gasteiger charge is -2.22. The van der Waals surface area contributed by atoms with E-state index in [0.717, 1.165) is 11.1 Å². The van der Waals surface area contributed by atoms with E-state index >= 15 is 0 Å². The molecule has 0 aliphatic rings. The zero-order valence-corrected chi connectivity index (χ0v) is 14.7. The average molecular weight is 345 g/mol. The first-order chi connectivity index (χ1) is 13.4. The Labute approximate surface area is 158 Å². The summed E-state index contributed by atoms with van der Waals surface area (Å²) in [5, 5.41) is 4.98. The maximum Gasteiger partial charge on any atom is 0.0644 e. The van der Waals surface area contributed by atoms with E-state index in [1.54, 1.807) is 0 Å². The van der Waals surface area contributed by atoms with Crippen molar-refractivity contribution in [3.63, 3.8) is 0 Å². The number of rotatable bonds is 3. The van der Waals surface area contributed by atoms with Gasteiger partial charge < -0.3 is 0 Å². The maximum atomic E-state index is 4.21. The van der Waals surface area contributed by atoms with Crippen LogP contribution in [0.4, 0.5) is 0 Å². The molecule has 0 saturated heterocycles. The molecule has 0 bridgehead atoms. The molecule has 127 valence electrons. The molecule has 0 atom stereocenters. The molecule has 0 unspecified atom stereocenters. The normalized spacial score (nSPS) is 11.3. The van der Waals surface area contributed by atoms with E-state index in [9.17, 15) is 0 Å². The predicted molar refractivity (Wildman–Crippen MR) is 110 cm³/mol. The summed E-state index contributed by atoms with van der Waals surface area (Å²) in [6.45, 7) is 0. The molecule has 0 fully saturated rings. The zero-order valence-electron chi connectivity index (χ0n) is 14.7. The summed E-state index contributed by atoms with van der Waals surface area (Å²) in [7, 11) is 0. The second-order valence-corrected chi connectivity index (χ2v) is 6.54. The Kier molecular flexibility index (Phi) is 3.87. The molecule has 0 aliphatic heterocycles. The van der Waals surface area contributed by atoms with Crippen molar-refractivity contribution >= 4 is 21.5 Å². The Morgan fingerprint density at radius 3 is 1.44 bits per heavy atom. The number of benzene rings is 3. The van der Waals surface area contributed by atoms with Crippen LogP contribution >= 0.6 is 0 Å². The third-order valence-corrected chi connectivity index (χ3v) is 4.96. The highest BCUT2D eigenvalue weighted by atomic mass is 14.6. The van der Waals surface area contributed by atoms with Gasteiger partial charge in [-0.2, -0.15) is 0 Å². The molecule has 2 heterocycles. The number of hydrogen-bond acceptors (Lipinski definition) is 2. The molecular formula is C25H17N2. The van der Waals surface area contributed by atoms with Crippen LogP contribution in [0.3, 0.4) is 0 Å². The van der Waals surface area contributed by atoms with E-state index in [-0.39, 0.29) is 0 Å². The number of aromatic nitrogens is 2. The van der Waals surface area contributed by atoms with Gasteiger partial charge in [-0.1, -0.05) is 48.5 Å². The second-order valence-electron chi connectivity index (χ2n) is 6.54. The van der Waals surface area contributed by atoms with Gasteiger partial charge in [0.2, 0.25) is 0 Å². The van der Waals surface area contributed by atoms with Gasteiger partial charge in [-0.05, 0) is 68.6 Å². The molecule has 0 saturated carbocycles. The predicted octanol–water partition coefficient (Wildman–Crippen LogP) is 5.80. The summed E-state index contributed by atoms with van der Waals surface area (Å²) in [6, 6.07) is 27.8. The lowest BCUT2D eigenvalue weighted by Crippen LogP contribution is -2.06. The topological polar surface area (TPSA) is 25.8 Å². The molecular weight excluding hydrogens is 328 g/mol. The molecule has 2 aromatic heterocycles. The number of nitrogens with zero attached hydrogens (tertiary/aromatic N) is 2. The van der Waals surface area contributed by atoms with Crippen molar-refractivity contribution in [2.75, 3.05) is 0 Å². The van der Waals surface area contributed by atoms with Crippen LogP contribution in [0.25, 0.3) is 21.5 Å². The SMILES string of the molecule is c1ccc2c([C](c3ccncc3)c3ccncc3)c3ccccc3cc2c1. The van der Waals surface area contributed by atoms with Crippen LogP contribution in [-0.2, 0) is 0 Å². The van der Waals surface area contributed by atoms with E-state index in [2.05, 4.69) is 88.8 Å². The van der Waals surface area contributed by atoms with Crippen LogP contribution < -0.4 is 0 Å². The van der Waals surface area contributed by atoms with Crippen LogP contribution in [0.15, 0.2) is 104 Å². The van der Waals surface area contributed by atoms with Gasteiger partial charge in [0.05, 0.1) is 5.92 Å². The smallest absolute Gasteiger partial charge is 0.0644 e. The van der Waals surface area contributed by atoms with E-state index in [4.69, 9.17) is 0 Å². The Bertz CT molecular complexity index is 1120. The van der Waals surface area contributed by atoms with Crippen LogP contribution in [0.5, 0.6) is 0 Å². The molecule has 0 spiro atoms. The van der Waals surface area contributed by atoms with Crippen molar-refractivity contribution in [3.05, 3.63) is 126 Å². The molecule has 0 N–H and O–H groups in total. The van der Waals surface area contributed by atoms with Gasteiger partial charge in [0, 0.05) is 24.8 Å². The molecule has 5 rings (SSSR count). The Balaban J connectivity index is 1.92. The molecule has 2 heteroatoms. The van der Waals surface area contributed by atoms with Gasteiger partial charge in [0.15, 0.2) is 0 Å². The summed E-state index contributed by atoms with van der Waals surface area (Å²) < 4.78 is 0. The van der Waals surface area contributed by atoms with Crippen molar-refractivity contribution in [3.8, 4) is 0 Å². The Morgan fingerprint density at radius 1 is 0.519 bits per heavy atom. The minimum absolute atomic E-state index is 1.15. The minimum atomic E-state index is 1.15. The molecule has 27 heavy (non-hydrogen) atoms. The fourth-order valence-corrected chi connectivity index (χ4v) is 3.78. The van der Waals surface area contributed by atoms with Gasteiger partial charge in [-0.25, -0.2) is 0 Å². The number of pyridine rings is 2. The van der Waals surface area contributed by atoms with Gasteiger partial charge in [0.25, 0.3) is 0 Å². The quantitative estimate of drug-likeness (QED) is 0.386.